The number of ketones is 1. The second kappa shape index (κ2) is 6.54. The minimum Gasteiger partial charge on any atom is -0.493 e. The van der Waals surface area contributed by atoms with Crippen LogP contribution in [-0.2, 0) is 20.1 Å². The molecule has 0 saturated heterocycles. The van der Waals surface area contributed by atoms with E-state index in [4.69, 9.17) is 18.9 Å². The Labute approximate surface area is 113 Å². The number of hydrogen-bond acceptors (Lipinski definition) is 5. The Bertz CT molecular complexity index is 437. The molecule has 1 aromatic rings. The highest BCUT2D eigenvalue weighted by Crippen LogP contribution is 2.36. The normalized spacial score (nSPS) is 11.2. The van der Waals surface area contributed by atoms with Gasteiger partial charge in [-0.25, -0.2) is 0 Å². The fraction of sp³-hybridized carbons (Fsp3) is 0.500. The van der Waals surface area contributed by atoms with Crippen molar-refractivity contribution in [3.8, 4) is 11.5 Å². The number of ether oxygens (including phenoxy) is 4. The Balaban J connectivity index is 3.26. The number of rotatable bonds is 7. The maximum atomic E-state index is 11.4. The van der Waals surface area contributed by atoms with E-state index >= 15 is 0 Å². The van der Waals surface area contributed by atoms with E-state index in [9.17, 15) is 4.79 Å². The fourth-order valence-electron chi connectivity index (χ4n) is 1.97. The molecule has 0 unspecified atom stereocenters. The third kappa shape index (κ3) is 3.24. The number of Topliss-reactive ketones (excluding diaryl/α,β-unsaturated/α-hetero) is 1. The Morgan fingerprint density at radius 3 is 2.05 bits per heavy atom. The molecule has 0 aliphatic heterocycles. The second-order valence-electron chi connectivity index (χ2n) is 4.11. The first kappa shape index (κ1) is 15.5. The fourth-order valence-corrected chi connectivity index (χ4v) is 1.97. The highest BCUT2D eigenvalue weighted by molar-refractivity contribution is 5.76. The van der Waals surface area contributed by atoms with Crippen LogP contribution in [0.4, 0.5) is 0 Å². The highest BCUT2D eigenvalue weighted by atomic mass is 16.7. The average Bonchev–Trinajstić information content (AvgIpc) is 2.43. The molecule has 1 aromatic carbocycles. The van der Waals surface area contributed by atoms with E-state index in [1.807, 2.05) is 0 Å². The molecule has 1 rings (SSSR count). The van der Waals surface area contributed by atoms with Crippen molar-refractivity contribution in [2.24, 2.45) is 0 Å². The third-order valence-corrected chi connectivity index (χ3v) is 2.96. The summed E-state index contributed by atoms with van der Waals surface area (Å²) in [6.45, 7) is 1.49. The van der Waals surface area contributed by atoms with Gasteiger partial charge in [-0.1, -0.05) is 0 Å². The van der Waals surface area contributed by atoms with Crippen LogP contribution in [0, 0.1) is 0 Å². The first-order chi connectivity index (χ1) is 9.02. The van der Waals surface area contributed by atoms with Crippen molar-refractivity contribution in [3.63, 3.8) is 0 Å². The smallest absolute Gasteiger partial charge is 0.201 e. The van der Waals surface area contributed by atoms with E-state index in [-0.39, 0.29) is 12.2 Å². The zero-order valence-corrected chi connectivity index (χ0v) is 12.0. The molecule has 0 fully saturated rings. The van der Waals surface area contributed by atoms with Crippen LogP contribution in [0.1, 0.15) is 18.9 Å². The van der Waals surface area contributed by atoms with Gasteiger partial charge in [0.1, 0.15) is 5.78 Å². The molecule has 0 bridgehead atoms. The molecule has 106 valence electrons. The van der Waals surface area contributed by atoms with Crippen molar-refractivity contribution in [1.29, 1.82) is 0 Å². The van der Waals surface area contributed by atoms with Crippen molar-refractivity contribution in [2.45, 2.75) is 19.1 Å². The lowest BCUT2D eigenvalue weighted by Gasteiger charge is -2.30. The summed E-state index contributed by atoms with van der Waals surface area (Å²) in [5.41, 5.74) is 0.699. The number of methoxy groups -OCH3 is 4. The summed E-state index contributed by atoms with van der Waals surface area (Å²) >= 11 is 0. The topological polar surface area (TPSA) is 54.0 Å². The molecular formula is C14H20O5. The summed E-state index contributed by atoms with van der Waals surface area (Å²) in [6.07, 6.45) is 0.121. The van der Waals surface area contributed by atoms with Crippen LogP contribution < -0.4 is 9.47 Å². The van der Waals surface area contributed by atoms with Gasteiger partial charge in [0.2, 0.25) is 5.79 Å². The van der Waals surface area contributed by atoms with Crippen molar-refractivity contribution in [1.82, 2.24) is 0 Å². The van der Waals surface area contributed by atoms with E-state index in [2.05, 4.69) is 0 Å². The van der Waals surface area contributed by atoms with Gasteiger partial charge in [0.15, 0.2) is 11.5 Å². The van der Waals surface area contributed by atoms with Gasteiger partial charge in [0.25, 0.3) is 0 Å². The van der Waals surface area contributed by atoms with Crippen LogP contribution in [-0.4, -0.2) is 34.2 Å². The van der Waals surface area contributed by atoms with Crippen LogP contribution in [0.5, 0.6) is 11.5 Å². The predicted molar refractivity (Wildman–Crippen MR) is 70.5 cm³/mol. The Morgan fingerprint density at radius 1 is 1.05 bits per heavy atom. The highest BCUT2D eigenvalue weighted by Gasteiger charge is 2.34. The molecule has 5 heteroatoms. The molecule has 0 N–H and O–H groups in total. The van der Waals surface area contributed by atoms with Gasteiger partial charge in [-0.3, -0.25) is 4.79 Å². The molecule has 0 radical (unpaired) electrons. The van der Waals surface area contributed by atoms with Crippen molar-refractivity contribution < 1.29 is 23.7 Å². The third-order valence-electron chi connectivity index (χ3n) is 2.96. The summed E-state index contributed by atoms with van der Waals surface area (Å²) in [4.78, 5) is 11.4. The first-order valence-electron chi connectivity index (χ1n) is 5.85. The van der Waals surface area contributed by atoms with E-state index < -0.39 is 5.79 Å². The Kier molecular flexibility index (Phi) is 5.32. The molecule has 0 amide bonds. The van der Waals surface area contributed by atoms with Crippen LogP contribution in [0.3, 0.4) is 0 Å². The molecule has 0 aliphatic rings. The average molecular weight is 268 g/mol. The lowest BCUT2D eigenvalue weighted by Crippen LogP contribution is -2.33. The lowest BCUT2D eigenvalue weighted by atomic mass is 9.99. The minimum atomic E-state index is -1.11. The molecule has 0 aromatic heterocycles. The maximum Gasteiger partial charge on any atom is 0.201 e. The van der Waals surface area contributed by atoms with Crippen molar-refractivity contribution in [3.05, 3.63) is 23.8 Å². The molecule has 19 heavy (non-hydrogen) atoms. The van der Waals surface area contributed by atoms with Gasteiger partial charge >= 0.3 is 0 Å². The number of carbonyl (C=O) groups is 1. The molecule has 0 heterocycles. The van der Waals surface area contributed by atoms with Gasteiger partial charge in [-0.2, -0.15) is 0 Å². The van der Waals surface area contributed by atoms with E-state index in [1.165, 1.54) is 21.1 Å². The summed E-state index contributed by atoms with van der Waals surface area (Å²) in [6, 6.07) is 5.28. The maximum absolute atomic E-state index is 11.4. The van der Waals surface area contributed by atoms with Gasteiger partial charge < -0.3 is 18.9 Å². The van der Waals surface area contributed by atoms with Crippen molar-refractivity contribution >= 4 is 5.78 Å². The van der Waals surface area contributed by atoms with E-state index in [1.54, 1.807) is 32.4 Å². The van der Waals surface area contributed by atoms with Gasteiger partial charge in [0, 0.05) is 19.8 Å². The zero-order valence-electron chi connectivity index (χ0n) is 12.0. The predicted octanol–water partition coefficient (Wildman–Crippen LogP) is 2.13. The lowest BCUT2D eigenvalue weighted by molar-refractivity contribution is -0.218. The van der Waals surface area contributed by atoms with Gasteiger partial charge in [-0.05, 0) is 25.1 Å². The molecule has 0 atom stereocenters. The van der Waals surface area contributed by atoms with Crippen LogP contribution in [0.2, 0.25) is 0 Å². The number of benzene rings is 1. The molecule has 0 saturated carbocycles. The molecular weight excluding hydrogens is 248 g/mol. The molecule has 5 nitrogen and oxygen atoms in total. The first-order valence-corrected chi connectivity index (χ1v) is 5.85. The van der Waals surface area contributed by atoms with E-state index in [0.29, 0.717) is 17.1 Å². The van der Waals surface area contributed by atoms with E-state index in [0.717, 1.165) is 0 Å². The Hall–Kier alpha value is -1.59. The second-order valence-corrected chi connectivity index (χ2v) is 4.11. The number of carbonyl (C=O) groups excluding carboxylic acids is 1. The van der Waals surface area contributed by atoms with Crippen LogP contribution in [0.25, 0.3) is 0 Å². The molecule has 0 spiro atoms. The SMILES string of the molecule is COc1ccc(C(CC(C)=O)(OC)OC)cc1OC. The zero-order chi connectivity index (χ0) is 14.5. The van der Waals surface area contributed by atoms with Crippen LogP contribution in [0.15, 0.2) is 18.2 Å². The summed E-state index contributed by atoms with van der Waals surface area (Å²) in [5, 5.41) is 0. The largest absolute Gasteiger partial charge is 0.493 e. The standard InChI is InChI=1S/C14H20O5/c1-10(15)9-14(18-4,19-5)11-6-7-12(16-2)13(8-11)17-3/h6-8H,9H2,1-5H3. The number of hydrogen-bond donors (Lipinski definition) is 0. The summed E-state index contributed by atoms with van der Waals surface area (Å²) in [7, 11) is 6.12. The summed E-state index contributed by atoms with van der Waals surface area (Å²) < 4.78 is 21.3. The minimum absolute atomic E-state index is 0.0292. The van der Waals surface area contributed by atoms with Crippen LogP contribution >= 0.6 is 0 Å². The monoisotopic (exact) mass is 268 g/mol. The summed E-state index contributed by atoms with van der Waals surface area (Å²) in [5.74, 6) is 0.0291. The molecule has 0 aliphatic carbocycles. The Morgan fingerprint density at radius 2 is 1.63 bits per heavy atom. The van der Waals surface area contributed by atoms with Gasteiger partial charge in [-0.15, -0.1) is 0 Å². The van der Waals surface area contributed by atoms with Gasteiger partial charge in [0.05, 0.1) is 20.6 Å². The quantitative estimate of drug-likeness (QED) is 0.709. The van der Waals surface area contributed by atoms with Crippen molar-refractivity contribution in [2.75, 3.05) is 28.4 Å².